The average Bonchev–Trinajstić information content (AvgIpc) is 2.20. The molecule has 0 saturated heterocycles. The van der Waals surface area contributed by atoms with E-state index in [-0.39, 0.29) is 6.54 Å². The summed E-state index contributed by atoms with van der Waals surface area (Å²) in [4.78, 5) is 21.3. The third-order valence-corrected chi connectivity index (χ3v) is 2.38. The van der Waals surface area contributed by atoms with Crippen LogP contribution in [0.5, 0.6) is 0 Å². The Morgan fingerprint density at radius 3 is 2.47 bits per heavy atom. The normalized spacial score (nSPS) is 10.9. The van der Waals surface area contributed by atoms with Crippen molar-refractivity contribution < 1.29 is 23.9 Å². The van der Waals surface area contributed by atoms with Crippen LogP contribution >= 0.6 is 0 Å². The van der Waals surface area contributed by atoms with E-state index >= 15 is 0 Å². The highest BCUT2D eigenvalue weighted by Gasteiger charge is 2.18. The number of aliphatic carboxylic acids is 1. The number of quaternary nitrogens is 1. The van der Waals surface area contributed by atoms with Crippen molar-refractivity contribution in [1.82, 2.24) is 0 Å². The molecule has 0 atom stereocenters. The van der Waals surface area contributed by atoms with Crippen LogP contribution < -0.4 is 0 Å². The molecule has 0 aromatic carbocycles. The lowest BCUT2D eigenvalue weighted by Gasteiger charge is -2.27. The van der Waals surface area contributed by atoms with E-state index in [1.54, 1.807) is 0 Å². The maximum Gasteiger partial charge on any atom is 0.359 e. The number of esters is 1. The predicted molar refractivity (Wildman–Crippen MR) is 64.5 cm³/mol. The zero-order valence-electron chi connectivity index (χ0n) is 10.6. The molecule has 0 rings (SSSR count). The minimum Gasteiger partial charge on any atom is -0.477 e. The van der Waals surface area contributed by atoms with E-state index in [2.05, 4.69) is 6.58 Å². The number of unbranched alkanes of at least 4 members (excludes halogenated alkanes) is 2. The lowest BCUT2D eigenvalue weighted by atomic mass is 10.2. The fourth-order valence-corrected chi connectivity index (χ4v) is 1.50. The maximum absolute atomic E-state index is 10.7. The second kappa shape index (κ2) is 7.84. The van der Waals surface area contributed by atoms with Gasteiger partial charge in [-0.2, -0.15) is 0 Å². The molecule has 0 bridgehead atoms. The molecule has 0 aliphatic carbocycles. The highest BCUT2D eigenvalue weighted by molar-refractivity contribution is 5.81. The number of carbonyl (C=O) groups excluding carboxylic acids is 1. The maximum atomic E-state index is 10.7. The lowest BCUT2D eigenvalue weighted by molar-refractivity contribution is -0.883. The first kappa shape index (κ1) is 15.6. The molecule has 0 aliphatic heterocycles. The van der Waals surface area contributed by atoms with Gasteiger partial charge in [-0.15, -0.1) is 0 Å². The summed E-state index contributed by atoms with van der Waals surface area (Å²) in [6.45, 7) is 4.64. The smallest absolute Gasteiger partial charge is 0.359 e. The zero-order valence-corrected chi connectivity index (χ0v) is 10.6. The Hall–Kier alpha value is -1.36. The molecule has 0 saturated carbocycles. The van der Waals surface area contributed by atoms with Gasteiger partial charge >= 0.3 is 11.9 Å². The molecule has 0 radical (unpaired) electrons. The number of hydrogen-bond donors (Lipinski definition) is 1. The highest BCUT2D eigenvalue weighted by atomic mass is 16.5. The number of carbonyl (C=O) groups is 2. The van der Waals surface area contributed by atoms with Crippen LogP contribution in [0.2, 0.25) is 0 Å². The number of likely N-dealkylation sites (N-methyl/N-ethyl adjacent to an activating group) is 1. The van der Waals surface area contributed by atoms with Gasteiger partial charge in [0.25, 0.3) is 0 Å². The molecule has 0 heterocycles. The number of hydrogen-bond acceptors (Lipinski definition) is 3. The van der Waals surface area contributed by atoms with Gasteiger partial charge in [0.05, 0.1) is 27.2 Å². The van der Waals surface area contributed by atoms with Crippen molar-refractivity contribution in [1.29, 1.82) is 0 Å². The molecule has 0 aromatic heterocycles. The molecule has 0 aromatic rings. The van der Waals surface area contributed by atoms with Gasteiger partial charge in [-0.3, -0.25) is 0 Å². The molecule has 17 heavy (non-hydrogen) atoms. The Morgan fingerprint density at radius 1 is 1.29 bits per heavy atom. The van der Waals surface area contributed by atoms with Gasteiger partial charge in [0, 0.05) is 6.08 Å². The third-order valence-electron chi connectivity index (χ3n) is 2.38. The number of carboxylic acid groups (broad SMARTS) is 1. The van der Waals surface area contributed by atoms with E-state index in [4.69, 9.17) is 9.84 Å². The van der Waals surface area contributed by atoms with Gasteiger partial charge in [-0.1, -0.05) is 6.58 Å². The Bertz CT molecular complexity index is 274. The Morgan fingerprint density at radius 2 is 1.94 bits per heavy atom. The number of nitrogens with zero attached hydrogens (tertiary/aromatic N) is 1. The fraction of sp³-hybridized carbons (Fsp3) is 0.667. The van der Waals surface area contributed by atoms with E-state index in [0.29, 0.717) is 11.1 Å². The summed E-state index contributed by atoms with van der Waals surface area (Å²) in [7, 11) is 3.79. The molecule has 0 amide bonds. The second-order valence-electron chi connectivity index (χ2n) is 4.64. The van der Waals surface area contributed by atoms with Crippen molar-refractivity contribution in [3.05, 3.63) is 12.7 Å². The van der Waals surface area contributed by atoms with Crippen molar-refractivity contribution in [3.8, 4) is 0 Å². The Balaban J connectivity index is 3.54. The molecule has 1 N–H and O–H groups in total. The van der Waals surface area contributed by atoms with E-state index in [0.717, 1.165) is 31.9 Å². The van der Waals surface area contributed by atoms with Gasteiger partial charge < -0.3 is 14.3 Å². The molecule has 0 spiro atoms. The van der Waals surface area contributed by atoms with Crippen molar-refractivity contribution >= 4 is 11.9 Å². The predicted octanol–water partition coefficient (Wildman–Crippen LogP) is 1.05. The van der Waals surface area contributed by atoms with Crippen LogP contribution in [0.4, 0.5) is 0 Å². The Kier molecular flexibility index (Phi) is 7.21. The first-order chi connectivity index (χ1) is 7.87. The fourth-order valence-electron chi connectivity index (χ4n) is 1.50. The van der Waals surface area contributed by atoms with Gasteiger partial charge in [-0.05, 0) is 19.3 Å². The summed E-state index contributed by atoms with van der Waals surface area (Å²) in [6, 6.07) is 0. The van der Waals surface area contributed by atoms with Crippen LogP contribution in [0.3, 0.4) is 0 Å². The molecule has 0 fully saturated rings. The number of rotatable bonds is 9. The third kappa shape index (κ3) is 9.56. The molecule has 0 unspecified atom stereocenters. The van der Waals surface area contributed by atoms with Crippen LogP contribution in [-0.4, -0.2) is 55.3 Å². The van der Waals surface area contributed by atoms with E-state index in [1.165, 1.54) is 0 Å². The van der Waals surface area contributed by atoms with E-state index in [1.807, 2.05) is 14.1 Å². The summed E-state index contributed by atoms with van der Waals surface area (Å²) in [6.07, 6.45) is 3.79. The van der Waals surface area contributed by atoms with Crippen LogP contribution in [0, 0.1) is 0 Å². The average molecular weight is 244 g/mol. The lowest BCUT2D eigenvalue weighted by Crippen LogP contribution is -2.44. The van der Waals surface area contributed by atoms with Crippen molar-refractivity contribution in [2.24, 2.45) is 0 Å². The molecule has 98 valence electrons. The quantitative estimate of drug-likeness (QED) is 0.285. The summed E-state index contributed by atoms with van der Waals surface area (Å²) in [5.74, 6) is -1.18. The topological polar surface area (TPSA) is 63.6 Å². The Labute approximate surface area is 102 Å². The SMILES string of the molecule is C=CC(=O)OCCCCC[N+](C)(C)CC(=O)O. The van der Waals surface area contributed by atoms with Gasteiger partial charge in [0.1, 0.15) is 0 Å². The van der Waals surface area contributed by atoms with Crippen LogP contribution in [0.25, 0.3) is 0 Å². The minimum atomic E-state index is -0.782. The standard InChI is InChI=1S/C12H21NO4/c1-4-12(16)17-9-7-5-6-8-13(2,3)10-11(14)15/h4H,1,5-10H2,2-3H3/p+1. The molecule has 0 aliphatic rings. The largest absolute Gasteiger partial charge is 0.477 e. The highest BCUT2D eigenvalue weighted by Crippen LogP contribution is 2.04. The van der Waals surface area contributed by atoms with Gasteiger partial charge in [-0.25, -0.2) is 9.59 Å². The summed E-state index contributed by atoms with van der Waals surface area (Å²) in [5, 5.41) is 8.70. The number of ether oxygens (including phenoxy) is 1. The zero-order chi connectivity index (χ0) is 13.3. The van der Waals surface area contributed by atoms with Crippen molar-refractivity contribution in [2.45, 2.75) is 19.3 Å². The molecular formula is C12H22NO4+. The molecule has 5 heteroatoms. The first-order valence-corrected chi connectivity index (χ1v) is 5.70. The number of carboxylic acids is 1. The summed E-state index contributed by atoms with van der Waals surface area (Å²) in [5.41, 5.74) is 0. The first-order valence-electron chi connectivity index (χ1n) is 5.70. The van der Waals surface area contributed by atoms with Crippen molar-refractivity contribution in [2.75, 3.05) is 33.8 Å². The summed E-state index contributed by atoms with van der Waals surface area (Å²) < 4.78 is 5.31. The van der Waals surface area contributed by atoms with Crippen LogP contribution in [0.15, 0.2) is 12.7 Å². The van der Waals surface area contributed by atoms with E-state index < -0.39 is 11.9 Å². The van der Waals surface area contributed by atoms with Crippen molar-refractivity contribution in [3.63, 3.8) is 0 Å². The van der Waals surface area contributed by atoms with Gasteiger partial charge in [0.2, 0.25) is 0 Å². The van der Waals surface area contributed by atoms with Gasteiger partial charge in [0.15, 0.2) is 6.54 Å². The minimum absolute atomic E-state index is 0.130. The van der Waals surface area contributed by atoms with Crippen LogP contribution in [0.1, 0.15) is 19.3 Å². The second-order valence-corrected chi connectivity index (χ2v) is 4.64. The molecular weight excluding hydrogens is 222 g/mol. The monoisotopic (exact) mass is 244 g/mol. The van der Waals surface area contributed by atoms with E-state index in [9.17, 15) is 9.59 Å². The molecule has 5 nitrogen and oxygen atoms in total. The summed E-state index contributed by atoms with van der Waals surface area (Å²) >= 11 is 0. The van der Waals surface area contributed by atoms with Crippen LogP contribution in [-0.2, 0) is 14.3 Å².